The molecule has 0 spiro atoms. The molecule has 0 fully saturated rings. The van der Waals surface area contributed by atoms with Crippen LogP contribution in [-0.2, 0) is 13.0 Å². The molecule has 3 nitrogen and oxygen atoms in total. The summed E-state index contributed by atoms with van der Waals surface area (Å²) >= 11 is 0. The fourth-order valence-corrected chi connectivity index (χ4v) is 1.56. The minimum absolute atomic E-state index is 0.695. The van der Waals surface area contributed by atoms with Crippen LogP contribution in [0.3, 0.4) is 0 Å². The highest BCUT2D eigenvalue weighted by molar-refractivity contribution is 5.14. The van der Waals surface area contributed by atoms with Crippen LogP contribution >= 0.6 is 0 Å². The Kier molecular flexibility index (Phi) is 3.72. The van der Waals surface area contributed by atoms with Gasteiger partial charge in [0.05, 0.1) is 12.7 Å². The van der Waals surface area contributed by atoms with Crippen molar-refractivity contribution in [3.05, 3.63) is 53.7 Å². The molecule has 84 valence electrons. The largest absolute Gasteiger partial charge is 0.445 e. The number of oxazole rings is 1. The number of nitrogens with zero attached hydrogens (tertiary/aromatic N) is 1. The normalized spacial score (nSPS) is 10.6. The lowest BCUT2D eigenvalue weighted by Gasteiger charge is -2.02. The van der Waals surface area contributed by atoms with Gasteiger partial charge in [-0.2, -0.15) is 0 Å². The fraction of sp³-hybridized carbons (Fsp3) is 0.308. The van der Waals surface area contributed by atoms with E-state index in [1.165, 1.54) is 5.56 Å². The average Bonchev–Trinajstić information content (AvgIpc) is 2.72. The number of hydrogen-bond donors (Lipinski definition) is 1. The minimum atomic E-state index is 0.695. The first-order valence-corrected chi connectivity index (χ1v) is 5.50. The van der Waals surface area contributed by atoms with Crippen LogP contribution in [0.25, 0.3) is 0 Å². The van der Waals surface area contributed by atoms with Gasteiger partial charge < -0.3 is 9.73 Å². The second-order valence-electron chi connectivity index (χ2n) is 3.78. The molecular formula is C13H16N2O. The van der Waals surface area contributed by atoms with Crippen molar-refractivity contribution in [2.45, 2.75) is 19.9 Å². The third-order valence-corrected chi connectivity index (χ3v) is 2.38. The van der Waals surface area contributed by atoms with Crippen molar-refractivity contribution in [1.82, 2.24) is 10.3 Å². The van der Waals surface area contributed by atoms with Gasteiger partial charge in [-0.3, -0.25) is 0 Å². The molecule has 0 atom stereocenters. The van der Waals surface area contributed by atoms with Gasteiger partial charge in [-0.1, -0.05) is 30.3 Å². The maximum Gasteiger partial charge on any atom is 0.208 e. The summed E-state index contributed by atoms with van der Waals surface area (Å²) in [6.45, 7) is 3.53. The number of aryl methyl sites for hydroxylation is 1. The van der Waals surface area contributed by atoms with E-state index in [1.54, 1.807) is 6.20 Å². The van der Waals surface area contributed by atoms with Crippen LogP contribution < -0.4 is 5.32 Å². The van der Waals surface area contributed by atoms with Crippen molar-refractivity contribution >= 4 is 0 Å². The summed E-state index contributed by atoms with van der Waals surface area (Å²) in [5, 5.41) is 3.31. The summed E-state index contributed by atoms with van der Waals surface area (Å²) < 4.78 is 5.36. The SMILES string of the molecule is Cc1cnc(CNCCc2ccccc2)o1. The van der Waals surface area contributed by atoms with Crippen molar-refractivity contribution in [1.29, 1.82) is 0 Å². The van der Waals surface area contributed by atoms with E-state index in [4.69, 9.17) is 4.42 Å². The van der Waals surface area contributed by atoms with Crippen molar-refractivity contribution in [2.24, 2.45) is 0 Å². The Balaban J connectivity index is 1.69. The number of rotatable bonds is 5. The third-order valence-electron chi connectivity index (χ3n) is 2.38. The lowest BCUT2D eigenvalue weighted by molar-refractivity contribution is 0.450. The van der Waals surface area contributed by atoms with Gasteiger partial charge in [0.2, 0.25) is 5.89 Å². The Hall–Kier alpha value is -1.61. The van der Waals surface area contributed by atoms with Gasteiger partial charge in [0, 0.05) is 0 Å². The highest BCUT2D eigenvalue weighted by atomic mass is 16.4. The van der Waals surface area contributed by atoms with E-state index < -0.39 is 0 Å². The summed E-state index contributed by atoms with van der Waals surface area (Å²) in [7, 11) is 0. The molecule has 1 heterocycles. The van der Waals surface area contributed by atoms with Crippen LogP contribution in [0.4, 0.5) is 0 Å². The van der Waals surface area contributed by atoms with Crippen LogP contribution in [0.2, 0.25) is 0 Å². The van der Waals surface area contributed by atoms with Crippen LogP contribution in [-0.4, -0.2) is 11.5 Å². The number of nitrogens with one attached hydrogen (secondary N) is 1. The van der Waals surface area contributed by atoms with Crippen LogP contribution in [0.5, 0.6) is 0 Å². The number of benzene rings is 1. The second-order valence-corrected chi connectivity index (χ2v) is 3.78. The summed E-state index contributed by atoms with van der Waals surface area (Å²) in [4.78, 5) is 4.13. The van der Waals surface area contributed by atoms with Gasteiger partial charge in [-0.05, 0) is 25.5 Å². The lowest BCUT2D eigenvalue weighted by atomic mass is 10.1. The van der Waals surface area contributed by atoms with E-state index in [2.05, 4.69) is 34.6 Å². The molecule has 0 amide bonds. The van der Waals surface area contributed by atoms with Crippen molar-refractivity contribution in [2.75, 3.05) is 6.54 Å². The van der Waals surface area contributed by atoms with Gasteiger partial charge >= 0.3 is 0 Å². The van der Waals surface area contributed by atoms with Gasteiger partial charge in [0.15, 0.2) is 0 Å². The van der Waals surface area contributed by atoms with Gasteiger partial charge in [-0.15, -0.1) is 0 Å². The fourth-order valence-electron chi connectivity index (χ4n) is 1.56. The predicted molar refractivity (Wildman–Crippen MR) is 63.1 cm³/mol. The Bertz CT molecular complexity index is 423. The predicted octanol–water partition coefficient (Wildman–Crippen LogP) is 2.32. The Morgan fingerprint density at radius 1 is 1.25 bits per heavy atom. The van der Waals surface area contributed by atoms with Crippen LogP contribution in [0.15, 0.2) is 40.9 Å². The van der Waals surface area contributed by atoms with E-state index in [0.29, 0.717) is 6.54 Å². The first kappa shape index (κ1) is 10.9. The van der Waals surface area contributed by atoms with Crippen molar-refractivity contribution in [3.63, 3.8) is 0 Å². The monoisotopic (exact) mass is 216 g/mol. The second kappa shape index (κ2) is 5.47. The molecule has 3 heteroatoms. The Morgan fingerprint density at radius 3 is 2.75 bits per heavy atom. The van der Waals surface area contributed by atoms with E-state index >= 15 is 0 Å². The molecular weight excluding hydrogens is 200 g/mol. The lowest BCUT2D eigenvalue weighted by Crippen LogP contribution is -2.16. The van der Waals surface area contributed by atoms with Crippen LogP contribution in [0.1, 0.15) is 17.2 Å². The minimum Gasteiger partial charge on any atom is -0.445 e. The first-order valence-electron chi connectivity index (χ1n) is 5.50. The van der Waals surface area contributed by atoms with E-state index in [9.17, 15) is 0 Å². The molecule has 0 aliphatic carbocycles. The quantitative estimate of drug-likeness (QED) is 0.779. The average molecular weight is 216 g/mol. The Morgan fingerprint density at radius 2 is 2.06 bits per heavy atom. The molecule has 1 aromatic carbocycles. The molecule has 0 aliphatic heterocycles. The molecule has 0 saturated heterocycles. The zero-order chi connectivity index (χ0) is 11.2. The molecule has 0 bridgehead atoms. The molecule has 16 heavy (non-hydrogen) atoms. The number of hydrogen-bond acceptors (Lipinski definition) is 3. The van der Waals surface area contributed by atoms with E-state index in [0.717, 1.165) is 24.6 Å². The van der Waals surface area contributed by atoms with Crippen molar-refractivity contribution in [3.8, 4) is 0 Å². The molecule has 1 aromatic heterocycles. The molecule has 0 aliphatic rings. The molecule has 0 saturated carbocycles. The smallest absolute Gasteiger partial charge is 0.208 e. The standard InChI is InChI=1S/C13H16N2O/c1-11-9-15-13(16-11)10-14-8-7-12-5-3-2-4-6-12/h2-6,9,14H,7-8,10H2,1H3. The van der Waals surface area contributed by atoms with Gasteiger partial charge in [0.1, 0.15) is 5.76 Å². The molecule has 2 aromatic rings. The maximum atomic E-state index is 5.36. The zero-order valence-electron chi connectivity index (χ0n) is 9.44. The highest BCUT2D eigenvalue weighted by Crippen LogP contribution is 2.01. The van der Waals surface area contributed by atoms with Gasteiger partial charge in [-0.25, -0.2) is 4.98 Å². The molecule has 0 unspecified atom stereocenters. The van der Waals surface area contributed by atoms with Crippen molar-refractivity contribution < 1.29 is 4.42 Å². The third kappa shape index (κ3) is 3.21. The topological polar surface area (TPSA) is 38.1 Å². The first-order chi connectivity index (χ1) is 7.84. The van der Waals surface area contributed by atoms with Crippen LogP contribution in [0, 0.1) is 6.92 Å². The van der Waals surface area contributed by atoms with E-state index in [-0.39, 0.29) is 0 Å². The molecule has 0 radical (unpaired) electrons. The maximum absolute atomic E-state index is 5.36. The highest BCUT2D eigenvalue weighted by Gasteiger charge is 1.99. The number of aromatic nitrogens is 1. The summed E-state index contributed by atoms with van der Waals surface area (Å²) in [5.41, 5.74) is 1.35. The summed E-state index contributed by atoms with van der Waals surface area (Å²) in [5.74, 6) is 1.62. The van der Waals surface area contributed by atoms with E-state index in [1.807, 2.05) is 13.0 Å². The zero-order valence-corrected chi connectivity index (χ0v) is 9.44. The summed E-state index contributed by atoms with van der Waals surface area (Å²) in [6, 6.07) is 10.4. The van der Waals surface area contributed by atoms with Gasteiger partial charge in [0.25, 0.3) is 0 Å². The summed E-state index contributed by atoms with van der Waals surface area (Å²) in [6.07, 6.45) is 2.77. The molecule has 1 N–H and O–H groups in total. The molecule has 2 rings (SSSR count). The Labute approximate surface area is 95.5 Å².